The molecule has 1 fully saturated rings. The summed E-state index contributed by atoms with van der Waals surface area (Å²) in [6, 6.07) is 5.32. The van der Waals surface area contributed by atoms with Crippen molar-refractivity contribution in [2.45, 2.75) is 0 Å². The van der Waals surface area contributed by atoms with Gasteiger partial charge in [-0.1, -0.05) is 23.2 Å². The average Bonchev–Trinajstić information content (AvgIpc) is 2.85. The van der Waals surface area contributed by atoms with Crippen molar-refractivity contribution >= 4 is 40.0 Å². The molecule has 1 aliphatic heterocycles. The molecular formula is C15H17Cl2N3O2. The monoisotopic (exact) mass is 341 g/mol. The normalized spacial score (nSPS) is 16.1. The van der Waals surface area contributed by atoms with Crippen LogP contribution in [0.2, 0.25) is 10.0 Å². The average molecular weight is 342 g/mol. The third kappa shape index (κ3) is 3.38. The van der Waals surface area contributed by atoms with E-state index in [0.717, 1.165) is 43.8 Å². The summed E-state index contributed by atoms with van der Waals surface area (Å²) in [5.74, 6) is -0.203. The maximum atomic E-state index is 12.3. The number of benzene rings is 1. The molecule has 1 amide bonds. The standard InChI is InChI=1S/C15H17Cl2N3O2/c16-10-1-2-12-11(9-10)13(17)14(19-12)15(21)18-3-4-20-5-7-22-8-6-20/h1-2,9,19H,3-8H2,(H,18,21). The lowest BCUT2D eigenvalue weighted by Crippen LogP contribution is -2.41. The van der Waals surface area contributed by atoms with Crippen molar-refractivity contribution in [1.82, 2.24) is 15.2 Å². The molecule has 0 unspecified atom stereocenters. The number of halogens is 2. The third-order valence-corrected chi connectivity index (χ3v) is 4.37. The second kappa shape index (κ2) is 6.87. The van der Waals surface area contributed by atoms with Gasteiger partial charge in [0.1, 0.15) is 5.69 Å². The number of amides is 1. The highest BCUT2D eigenvalue weighted by Gasteiger charge is 2.17. The highest BCUT2D eigenvalue weighted by molar-refractivity contribution is 6.39. The first-order valence-corrected chi connectivity index (χ1v) is 7.96. The largest absolute Gasteiger partial charge is 0.379 e. The van der Waals surface area contributed by atoms with Gasteiger partial charge in [0.15, 0.2) is 0 Å². The number of aromatic amines is 1. The molecule has 7 heteroatoms. The van der Waals surface area contributed by atoms with Crippen LogP contribution in [0.15, 0.2) is 18.2 Å². The van der Waals surface area contributed by atoms with Gasteiger partial charge in [0, 0.05) is 42.1 Å². The van der Waals surface area contributed by atoms with Crippen LogP contribution in [0.25, 0.3) is 10.9 Å². The smallest absolute Gasteiger partial charge is 0.269 e. The zero-order chi connectivity index (χ0) is 15.5. The molecule has 0 spiro atoms. The number of carbonyl (C=O) groups is 1. The number of nitrogens with one attached hydrogen (secondary N) is 2. The van der Waals surface area contributed by atoms with Crippen LogP contribution < -0.4 is 5.32 Å². The molecule has 0 radical (unpaired) electrons. The highest BCUT2D eigenvalue weighted by atomic mass is 35.5. The summed E-state index contributed by atoms with van der Waals surface area (Å²) >= 11 is 12.2. The Bertz CT molecular complexity index is 681. The Hall–Kier alpha value is -1.27. The van der Waals surface area contributed by atoms with Crippen molar-refractivity contribution in [3.8, 4) is 0 Å². The van der Waals surface area contributed by atoms with Crippen LogP contribution in [0, 0.1) is 0 Å². The van der Waals surface area contributed by atoms with Crippen LogP contribution in [-0.4, -0.2) is 55.2 Å². The summed E-state index contributed by atoms with van der Waals surface area (Å²) in [7, 11) is 0. The van der Waals surface area contributed by atoms with Crippen molar-refractivity contribution in [3.63, 3.8) is 0 Å². The van der Waals surface area contributed by atoms with E-state index < -0.39 is 0 Å². The SMILES string of the molecule is O=C(NCCN1CCOCC1)c1[nH]c2ccc(Cl)cc2c1Cl. The number of hydrogen-bond donors (Lipinski definition) is 2. The topological polar surface area (TPSA) is 57.4 Å². The maximum absolute atomic E-state index is 12.3. The molecule has 1 aliphatic rings. The van der Waals surface area contributed by atoms with Crippen molar-refractivity contribution in [2.75, 3.05) is 39.4 Å². The first-order chi connectivity index (χ1) is 10.6. The Morgan fingerprint density at radius 2 is 2.09 bits per heavy atom. The van der Waals surface area contributed by atoms with Crippen molar-refractivity contribution in [2.24, 2.45) is 0 Å². The minimum absolute atomic E-state index is 0.203. The van der Waals surface area contributed by atoms with E-state index in [0.29, 0.717) is 22.3 Å². The number of morpholine rings is 1. The molecule has 0 bridgehead atoms. The Kier molecular flexibility index (Phi) is 4.88. The van der Waals surface area contributed by atoms with E-state index in [-0.39, 0.29) is 5.91 Å². The molecule has 2 N–H and O–H groups in total. The molecule has 1 aromatic heterocycles. The minimum atomic E-state index is -0.203. The van der Waals surface area contributed by atoms with Gasteiger partial charge in [-0.25, -0.2) is 0 Å². The molecule has 2 aromatic rings. The molecular weight excluding hydrogens is 325 g/mol. The van der Waals surface area contributed by atoms with E-state index in [4.69, 9.17) is 27.9 Å². The van der Waals surface area contributed by atoms with Gasteiger partial charge in [-0.05, 0) is 18.2 Å². The molecule has 118 valence electrons. The zero-order valence-electron chi connectivity index (χ0n) is 12.0. The molecule has 2 heterocycles. The molecule has 0 atom stereocenters. The summed E-state index contributed by atoms with van der Waals surface area (Å²) in [6.07, 6.45) is 0. The number of ether oxygens (including phenoxy) is 1. The Morgan fingerprint density at radius 1 is 1.32 bits per heavy atom. The van der Waals surface area contributed by atoms with Crippen LogP contribution in [-0.2, 0) is 4.74 Å². The number of rotatable bonds is 4. The summed E-state index contributed by atoms with van der Waals surface area (Å²) in [5.41, 5.74) is 1.17. The number of nitrogens with zero attached hydrogens (tertiary/aromatic N) is 1. The van der Waals surface area contributed by atoms with Gasteiger partial charge in [0.2, 0.25) is 0 Å². The van der Waals surface area contributed by atoms with E-state index in [1.54, 1.807) is 12.1 Å². The molecule has 5 nitrogen and oxygen atoms in total. The van der Waals surface area contributed by atoms with Crippen molar-refractivity contribution < 1.29 is 9.53 Å². The van der Waals surface area contributed by atoms with E-state index in [9.17, 15) is 4.79 Å². The lowest BCUT2D eigenvalue weighted by atomic mass is 10.2. The van der Waals surface area contributed by atoms with Crippen molar-refractivity contribution in [3.05, 3.63) is 33.9 Å². The number of hydrogen-bond acceptors (Lipinski definition) is 3. The summed E-state index contributed by atoms with van der Waals surface area (Å²) in [6.45, 7) is 4.69. The predicted octanol–water partition coefficient (Wildman–Crippen LogP) is 2.54. The number of H-pyrrole nitrogens is 1. The molecule has 3 rings (SSSR count). The van der Waals surface area contributed by atoms with Crippen LogP contribution >= 0.6 is 23.2 Å². The molecule has 1 aromatic carbocycles. The molecule has 0 aliphatic carbocycles. The Morgan fingerprint density at radius 3 is 2.86 bits per heavy atom. The highest BCUT2D eigenvalue weighted by Crippen LogP contribution is 2.29. The second-order valence-electron chi connectivity index (χ2n) is 5.21. The van der Waals surface area contributed by atoms with Crippen LogP contribution in [0.1, 0.15) is 10.5 Å². The van der Waals surface area contributed by atoms with E-state index in [1.807, 2.05) is 6.07 Å². The molecule has 0 saturated carbocycles. The fraction of sp³-hybridized carbons (Fsp3) is 0.400. The number of carbonyl (C=O) groups excluding carboxylic acids is 1. The number of aromatic nitrogens is 1. The zero-order valence-corrected chi connectivity index (χ0v) is 13.5. The van der Waals surface area contributed by atoms with Gasteiger partial charge in [-0.3, -0.25) is 9.69 Å². The van der Waals surface area contributed by atoms with E-state index in [2.05, 4.69) is 15.2 Å². The first-order valence-electron chi connectivity index (χ1n) is 7.20. The Balaban J connectivity index is 1.63. The van der Waals surface area contributed by atoms with Gasteiger partial charge < -0.3 is 15.0 Å². The fourth-order valence-corrected chi connectivity index (χ4v) is 2.99. The first kappa shape index (κ1) is 15.6. The minimum Gasteiger partial charge on any atom is -0.379 e. The molecule has 22 heavy (non-hydrogen) atoms. The van der Waals surface area contributed by atoms with Crippen LogP contribution in [0.3, 0.4) is 0 Å². The quantitative estimate of drug-likeness (QED) is 0.898. The van der Waals surface area contributed by atoms with Crippen molar-refractivity contribution in [1.29, 1.82) is 0 Å². The van der Waals surface area contributed by atoms with Gasteiger partial charge in [0.05, 0.1) is 18.2 Å². The summed E-state index contributed by atoms with van der Waals surface area (Å²) in [5, 5.41) is 4.64. The number of fused-ring (bicyclic) bond motifs is 1. The summed E-state index contributed by atoms with van der Waals surface area (Å²) < 4.78 is 5.29. The second-order valence-corrected chi connectivity index (χ2v) is 6.03. The maximum Gasteiger partial charge on any atom is 0.269 e. The lowest BCUT2D eigenvalue weighted by molar-refractivity contribution is 0.0383. The predicted molar refractivity (Wildman–Crippen MR) is 87.9 cm³/mol. The lowest BCUT2D eigenvalue weighted by Gasteiger charge is -2.26. The fourth-order valence-electron chi connectivity index (χ4n) is 2.53. The van der Waals surface area contributed by atoms with Gasteiger partial charge in [-0.15, -0.1) is 0 Å². The van der Waals surface area contributed by atoms with E-state index >= 15 is 0 Å². The van der Waals surface area contributed by atoms with Gasteiger partial charge in [0.25, 0.3) is 5.91 Å². The Labute approximate surface area is 138 Å². The van der Waals surface area contributed by atoms with Gasteiger partial charge in [-0.2, -0.15) is 0 Å². The van der Waals surface area contributed by atoms with E-state index in [1.165, 1.54) is 0 Å². The van der Waals surface area contributed by atoms with Crippen LogP contribution in [0.4, 0.5) is 0 Å². The van der Waals surface area contributed by atoms with Crippen LogP contribution in [0.5, 0.6) is 0 Å². The van der Waals surface area contributed by atoms with Gasteiger partial charge >= 0.3 is 0 Å². The third-order valence-electron chi connectivity index (χ3n) is 3.74. The molecule has 1 saturated heterocycles. The summed E-state index contributed by atoms with van der Waals surface area (Å²) in [4.78, 5) is 17.6.